The van der Waals surface area contributed by atoms with Gasteiger partial charge in [0.2, 0.25) is 0 Å². The lowest BCUT2D eigenvalue weighted by Gasteiger charge is -2.04. The van der Waals surface area contributed by atoms with Crippen LogP contribution in [0, 0.1) is 13.8 Å². The number of hydrogen-bond acceptors (Lipinski definition) is 4. The Morgan fingerprint density at radius 1 is 1.29 bits per heavy atom. The summed E-state index contributed by atoms with van der Waals surface area (Å²) in [6.07, 6.45) is 0. The van der Waals surface area contributed by atoms with E-state index in [0.29, 0.717) is 17.1 Å². The van der Waals surface area contributed by atoms with Gasteiger partial charge >= 0.3 is 0 Å². The third kappa shape index (κ3) is 2.66. The number of nitrogens with two attached hydrogens (primary N) is 1. The smallest absolute Gasteiger partial charge is 0.263 e. The molecule has 0 aliphatic rings. The highest BCUT2D eigenvalue weighted by Crippen LogP contribution is 2.34. The van der Waals surface area contributed by atoms with Gasteiger partial charge in [-0.3, -0.25) is 4.79 Å². The molecule has 0 fully saturated rings. The molecule has 3 nitrogen and oxygen atoms in total. The standard InChI is InChI=1S/C16H16N2OS2/c1-9-3-4-13-12(5-9)14(17)15(21-13)16(19)18-6-11-8-20-7-10(11)2/h3-5,7-8H,6,17H2,1-2H3,(H,18,19). The number of fused-ring (bicyclic) bond motifs is 1. The van der Waals surface area contributed by atoms with Gasteiger partial charge in [-0.05, 0) is 47.9 Å². The number of benzene rings is 1. The second-order valence-corrected chi connectivity index (χ2v) is 6.90. The summed E-state index contributed by atoms with van der Waals surface area (Å²) in [6, 6.07) is 6.08. The molecule has 0 saturated heterocycles. The molecule has 0 spiro atoms. The van der Waals surface area contributed by atoms with Crippen LogP contribution >= 0.6 is 22.7 Å². The number of thiophene rings is 2. The second-order valence-electron chi connectivity index (χ2n) is 5.11. The number of amides is 1. The zero-order chi connectivity index (χ0) is 15.0. The van der Waals surface area contributed by atoms with E-state index in [1.54, 1.807) is 11.3 Å². The average molecular weight is 316 g/mol. The maximum absolute atomic E-state index is 12.3. The number of hydrogen-bond donors (Lipinski definition) is 2. The SMILES string of the molecule is Cc1ccc2sc(C(=O)NCc3cscc3C)c(N)c2c1. The molecule has 1 aromatic carbocycles. The summed E-state index contributed by atoms with van der Waals surface area (Å²) < 4.78 is 1.05. The molecule has 0 bridgehead atoms. The van der Waals surface area contributed by atoms with E-state index in [2.05, 4.69) is 23.0 Å². The van der Waals surface area contributed by atoms with Crippen LogP contribution in [0.15, 0.2) is 29.0 Å². The molecule has 5 heteroatoms. The summed E-state index contributed by atoms with van der Waals surface area (Å²) in [5.74, 6) is -0.100. The van der Waals surface area contributed by atoms with E-state index in [9.17, 15) is 4.79 Å². The zero-order valence-electron chi connectivity index (χ0n) is 11.9. The van der Waals surface area contributed by atoms with Gasteiger partial charge < -0.3 is 11.1 Å². The maximum atomic E-state index is 12.3. The Kier molecular flexibility index (Phi) is 3.69. The third-order valence-electron chi connectivity index (χ3n) is 3.49. The molecule has 0 radical (unpaired) electrons. The highest BCUT2D eigenvalue weighted by atomic mass is 32.1. The number of anilines is 1. The van der Waals surface area contributed by atoms with E-state index in [4.69, 9.17) is 5.73 Å². The van der Waals surface area contributed by atoms with Crippen molar-refractivity contribution in [1.82, 2.24) is 5.32 Å². The van der Waals surface area contributed by atoms with Crippen molar-refractivity contribution in [2.75, 3.05) is 5.73 Å². The Balaban J connectivity index is 1.84. The van der Waals surface area contributed by atoms with Gasteiger partial charge in [0.15, 0.2) is 0 Å². The Labute approximate surface area is 131 Å². The molecule has 3 aromatic rings. The lowest BCUT2D eigenvalue weighted by atomic mass is 10.1. The minimum Gasteiger partial charge on any atom is -0.397 e. The largest absolute Gasteiger partial charge is 0.397 e. The summed E-state index contributed by atoms with van der Waals surface area (Å²) in [4.78, 5) is 12.9. The number of rotatable bonds is 3. The van der Waals surface area contributed by atoms with Gasteiger partial charge in [0.25, 0.3) is 5.91 Å². The summed E-state index contributed by atoms with van der Waals surface area (Å²) in [6.45, 7) is 4.62. The first kappa shape index (κ1) is 14.1. The minimum absolute atomic E-state index is 0.100. The molecule has 0 aliphatic carbocycles. The Bertz CT molecular complexity index is 817. The van der Waals surface area contributed by atoms with Crippen molar-refractivity contribution < 1.29 is 4.79 Å². The number of carbonyl (C=O) groups is 1. The van der Waals surface area contributed by atoms with Crippen LogP contribution in [0.3, 0.4) is 0 Å². The molecule has 3 rings (SSSR count). The first-order valence-corrected chi connectivity index (χ1v) is 8.40. The molecule has 108 valence electrons. The van der Waals surface area contributed by atoms with E-state index in [-0.39, 0.29) is 5.91 Å². The van der Waals surface area contributed by atoms with Crippen LogP contribution < -0.4 is 11.1 Å². The van der Waals surface area contributed by atoms with Crippen LogP contribution in [0.4, 0.5) is 5.69 Å². The monoisotopic (exact) mass is 316 g/mol. The summed E-state index contributed by atoms with van der Waals surface area (Å²) in [5.41, 5.74) is 10.2. The second kappa shape index (κ2) is 5.50. The van der Waals surface area contributed by atoms with Crippen molar-refractivity contribution in [3.05, 3.63) is 50.5 Å². The highest BCUT2D eigenvalue weighted by Gasteiger charge is 2.16. The number of carbonyl (C=O) groups excluding carboxylic acids is 1. The molecule has 0 unspecified atom stereocenters. The fourth-order valence-corrected chi connectivity index (χ4v) is 4.10. The van der Waals surface area contributed by atoms with Gasteiger partial charge in [0.1, 0.15) is 4.88 Å². The minimum atomic E-state index is -0.100. The fourth-order valence-electron chi connectivity index (χ4n) is 2.22. The van der Waals surface area contributed by atoms with Crippen LogP contribution in [0.5, 0.6) is 0 Å². The normalized spacial score (nSPS) is 11.0. The lowest BCUT2D eigenvalue weighted by molar-refractivity contribution is 0.0956. The maximum Gasteiger partial charge on any atom is 0.263 e. The van der Waals surface area contributed by atoms with Crippen LogP contribution in [0.1, 0.15) is 26.4 Å². The van der Waals surface area contributed by atoms with Gasteiger partial charge in [0, 0.05) is 16.6 Å². The first-order valence-electron chi connectivity index (χ1n) is 6.64. The van der Waals surface area contributed by atoms with Crippen molar-refractivity contribution in [2.45, 2.75) is 20.4 Å². The van der Waals surface area contributed by atoms with Crippen LogP contribution in [0.2, 0.25) is 0 Å². The van der Waals surface area contributed by atoms with Gasteiger partial charge in [-0.1, -0.05) is 11.6 Å². The Hall–Kier alpha value is -1.85. The molecule has 0 aliphatic heterocycles. The number of nitrogen functional groups attached to an aromatic ring is 1. The quantitative estimate of drug-likeness (QED) is 0.764. The summed E-state index contributed by atoms with van der Waals surface area (Å²) >= 11 is 3.10. The predicted octanol–water partition coefficient (Wildman–Crippen LogP) is 4.09. The van der Waals surface area contributed by atoms with Crippen molar-refractivity contribution in [3.8, 4) is 0 Å². The van der Waals surface area contributed by atoms with Crippen molar-refractivity contribution >= 4 is 44.4 Å². The van der Waals surface area contributed by atoms with Gasteiger partial charge in [-0.15, -0.1) is 11.3 Å². The molecule has 0 saturated carbocycles. The molecule has 2 heterocycles. The predicted molar refractivity (Wildman–Crippen MR) is 91.2 cm³/mol. The van der Waals surface area contributed by atoms with E-state index in [1.807, 2.05) is 25.1 Å². The molecule has 21 heavy (non-hydrogen) atoms. The molecular formula is C16H16N2OS2. The number of nitrogens with one attached hydrogen (secondary N) is 1. The zero-order valence-corrected chi connectivity index (χ0v) is 13.5. The summed E-state index contributed by atoms with van der Waals surface area (Å²) in [5, 5.41) is 8.07. The van der Waals surface area contributed by atoms with Gasteiger partial charge in [0.05, 0.1) is 5.69 Å². The summed E-state index contributed by atoms with van der Waals surface area (Å²) in [7, 11) is 0. The van der Waals surface area contributed by atoms with Crippen molar-refractivity contribution in [2.24, 2.45) is 0 Å². The molecule has 3 N–H and O–H groups in total. The van der Waals surface area contributed by atoms with E-state index in [0.717, 1.165) is 21.2 Å². The molecule has 1 amide bonds. The van der Waals surface area contributed by atoms with Gasteiger partial charge in [-0.25, -0.2) is 0 Å². The van der Waals surface area contributed by atoms with E-state index in [1.165, 1.54) is 16.9 Å². The Morgan fingerprint density at radius 2 is 2.10 bits per heavy atom. The molecule has 2 aromatic heterocycles. The average Bonchev–Trinajstić information content (AvgIpc) is 3.01. The van der Waals surface area contributed by atoms with Crippen molar-refractivity contribution in [3.63, 3.8) is 0 Å². The lowest BCUT2D eigenvalue weighted by Crippen LogP contribution is -2.22. The highest BCUT2D eigenvalue weighted by molar-refractivity contribution is 7.21. The van der Waals surface area contributed by atoms with E-state index >= 15 is 0 Å². The van der Waals surface area contributed by atoms with Crippen LogP contribution in [-0.4, -0.2) is 5.91 Å². The topological polar surface area (TPSA) is 55.1 Å². The Morgan fingerprint density at radius 3 is 2.81 bits per heavy atom. The molecular weight excluding hydrogens is 300 g/mol. The van der Waals surface area contributed by atoms with Gasteiger partial charge in [-0.2, -0.15) is 11.3 Å². The van der Waals surface area contributed by atoms with Crippen LogP contribution in [0.25, 0.3) is 10.1 Å². The first-order chi connectivity index (χ1) is 10.1. The van der Waals surface area contributed by atoms with E-state index < -0.39 is 0 Å². The number of aryl methyl sites for hydroxylation is 2. The van der Waals surface area contributed by atoms with Crippen LogP contribution in [-0.2, 0) is 6.54 Å². The fraction of sp³-hybridized carbons (Fsp3) is 0.188. The third-order valence-corrected chi connectivity index (χ3v) is 5.58. The molecule has 0 atom stereocenters. The van der Waals surface area contributed by atoms with Crippen molar-refractivity contribution in [1.29, 1.82) is 0 Å².